The van der Waals surface area contributed by atoms with Crippen molar-refractivity contribution in [3.63, 3.8) is 0 Å². The van der Waals surface area contributed by atoms with Crippen molar-refractivity contribution in [3.8, 4) is 0 Å². The average molecular weight is 453 g/mol. The molecule has 0 saturated carbocycles. The highest BCUT2D eigenvalue weighted by Crippen LogP contribution is 2.20. The third-order valence-corrected chi connectivity index (χ3v) is 4.99. The number of pyridine rings is 1. The van der Waals surface area contributed by atoms with Gasteiger partial charge in [-0.15, -0.1) is 0 Å². The quantitative estimate of drug-likeness (QED) is 0.468. The van der Waals surface area contributed by atoms with Crippen molar-refractivity contribution in [2.24, 2.45) is 0 Å². The molecule has 2 aromatic heterocycles. The number of halogens is 2. The van der Waals surface area contributed by atoms with Crippen molar-refractivity contribution in [1.29, 1.82) is 0 Å². The van der Waals surface area contributed by atoms with E-state index in [1.54, 1.807) is 12.4 Å². The van der Waals surface area contributed by atoms with Gasteiger partial charge in [-0.3, -0.25) is 9.59 Å². The highest BCUT2D eigenvalue weighted by atomic mass is 19.1. The molecule has 1 unspecified atom stereocenters. The topological polar surface area (TPSA) is 121 Å². The van der Waals surface area contributed by atoms with E-state index in [4.69, 9.17) is 0 Å². The van der Waals surface area contributed by atoms with E-state index in [0.29, 0.717) is 0 Å². The molecule has 0 bridgehead atoms. The molecule has 9 nitrogen and oxygen atoms in total. The molecule has 3 heterocycles. The standard InChI is InChI=1S/C22H21F2N7O2/c23-14-2-4-17(16(8-14)21(32)31-19-5-3-15(24)11-27-19)30-22(33)20-28-9-13(10-29-20)18-12-25-6-1-7-26-18/h2-5,8-11,18,25-26H,1,6-7,12H2,(H,30,33)(H,27,31,32). The van der Waals surface area contributed by atoms with Crippen LogP contribution in [0.2, 0.25) is 0 Å². The van der Waals surface area contributed by atoms with E-state index in [0.717, 1.165) is 56.0 Å². The summed E-state index contributed by atoms with van der Waals surface area (Å²) in [6, 6.07) is 5.77. The Balaban J connectivity index is 1.48. The largest absolute Gasteiger partial charge is 0.318 e. The van der Waals surface area contributed by atoms with Gasteiger partial charge in [0, 0.05) is 30.5 Å². The molecule has 1 atom stereocenters. The average Bonchev–Trinajstić information content (AvgIpc) is 3.11. The van der Waals surface area contributed by atoms with Crippen molar-refractivity contribution in [2.75, 3.05) is 30.3 Å². The Bertz CT molecular complexity index is 1130. The number of rotatable bonds is 5. The van der Waals surface area contributed by atoms with Crippen LogP contribution >= 0.6 is 0 Å². The highest BCUT2D eigenvalue weighted by Gasteiger charge is 2.19. The fraction of sp³-hybridized carbons (Fsp3) is 0.227. The summed E-state index contributed by atoms with van der Waals surface area (Å²) < 4.78 is 26.8. The van der Waals surface area contributed by atoms with Crippen molar-refractivity contribution in [2.45, 2.75) is 12.5 Å². The Hall–Kier alpha value is -3.83. The molecule has 4 N–H and O–H groups in total. The van der Waals surface area contributed by atoms with Gasteiger partial charge in [-0.25, -0.2) is 23.7 Å². The second-order valence-electron chi connectivity index (χ2n) is 7.36. The van der Waals surface area contributed by atoms with Crippen LogP contribution in [0.1, 0.15) is 39.0 Å². The first-order chi connectivity index (χ1) is 16.0. The summed E-state index contributed by atoms with van der Waals surface area (Å²) in [5.74, 6) is -2.65. The molecule has 1 aliphatic rings. The number of amides is 2. The molecule has 33 heavy (non-hydrogen) atoms. The lowest BCUT2D eigenvalue weighted by Gasteiger charge is -2.15. The lowest BCUT2D eigenvalue weighted by atomic mass is 10.1. The predicted molar refractivity (Wildman–Crippen MR) is 117 cm³/mol. The zero-order valence-corrected chi connectivity index (χ0v) is 17.4. The minimum atomic E-state index is -0.730. The van der Waals surface area contributed by atoms with Gasteiger partial charge in [0.05, 0.1) is 17.4 Å². The summed E-state index contributed by atoms with van der Waals surface area (Å²) in [6.45, 7) is 2.52. The van der Waals surface area contributed by atoms with Gasteiger partial charge in [-0.1, -0.05) is 0 Å². The van der Waals surface area contributed by atoms with Crippen LogP contribution in [0.15, 0.2) is 48.9 Å². The molecule has 3 aromatic rings. The van der Waals surface area contributed by atoms with Gasteiger partial charge in [0.25, 0.3) is 11.8 Å². The SMILES string of the molecule is O=C(Nc1ccc(F)cc1C(=O)Nc1ccc(F)cn1)c1ncc(C2CNCCCN2)cn1. The minimum Gasteiger partial charge on any atom is -0.318 e. The molecular formula is C22H21F2N7O2. The first kappa shape index (κ1) is 22.4. The first-order valence-electron chi connectivity index (χ1n) is 10.3. The van der Waals surface area contributed by atoms with Gasteiger partial charge < -0.3 is 21.3 Å². The smallest absolute Gasteiger partial charge is 0.293 e. The predicted octanol–water partition coefficient (Wildman–Crippen LogP) is 2.28. The fourth-order valence-electron chi connectivity index (χ4n) is 3.30. The summed E-state index contributed by atoms with van der Waals surface area (Å²) in [4.78, 5) is 37.3. The van der Waals surface area contributed by atoms with Crippen LogP contribution in [0.25, 0.3) is 0 Å². The lowest BCUT2D eigenvalue weighted by molar-refractivity contribution is 0.101. The monoisotopic (exact) mass is 453 g/mol. The van der Waals surface area contributed by atoms with Gasteiger partial charge in [0.1, 0.15) is 17.5 Å². The molecule has 0 aliphatic carbocycles. The van der Waals surface area contributed by atoms with E-state index >= 15 is 0 Å². The Morgan fingerprint density at radius 1 is 0.909 bits per heavy atom. The molecule has 1 aliphatic heterocycles. The van der Waals surface area contributed by atoms with E-state index in [9.17, 15) is 18.4 Å². The van der Waals surface area contributed by atoms with Gasteiger partial charge >= 0.3 is 0 Å². The van der Waals surface area contributed by atoms with Gasteiger partial charge in [0.15, 0.2) is 0 Å². The second kappa shape index (κ2) is 10.2. The molecule has 0 radical (unpaired) electrons. The third-order valence-electron chi connectivity index (χ3n) is 4.99. The zero-order valence-electron chi connectivity index (χ0n) is 17.4. The van der Waals surface area contributed by atoms with Crippen molar-refractivity contribution >= 4 is 23.3 Å². The molecule has 2 amide bonds. The lowest BCUT2D eigenvalue weighted by Crippen LogP contribution is -2.28. The first-order valence-corrected chi connectivity index (χ1v) is 10.3. The number of aromatic nitrogens is 3. The Morgan fingerprint density at radius 2 is 1.70 bits per heavy atom. The van der Waals surface area contributed by atoms with Gasteiger partial charge in [-0.05, 0) is 49.8 Å². The van der Waals surface area contributed by atoms with Crippen LogP contribution in [0.4, 0.5) is 20.3 Å². The minimum absolute atomic E-state index is 0.0390. The number of nitrogens with one attached hydrogen (secondary N) is 4. The van der Waals surface area contributed by atoms with Crippen molar-refractivity contribution in [1.82, 2.24) is 25.6 Å². The molecule has 4 rings (SSSR count). The van der Waals surface area contributed by atoms with Crippen LogP contribution in [-0.2, 0) is 0 Å². The molecule has 1 aromatic carbocycles. The maximum Gasteiger partial charge on any atom is 0.293 e. The molecule has 1 saturated heterocycles. The van der Waals surface area contributed by atoms with E-state index in [1.165, 1.54) is 12.1 Å². The van der Waals surface area contributed by atoms with Crippen LogP contribution in [-0.4, -0.2) is 46.4 Å². The summed E-state index contributed by atoms with van der Waals surface area (Å²) >= 11 is 0. The summed E-state index contributed by atoms with van der Waals surface area (Å²) in [7, 11) is 0. The molecule has 1 fully saturated rings. The number of carbonyl (C=O) groups is 2. The van der Waals surface area contributed by atoms with Crippen molar-refractivity contribution in [3.05, 3.63) is 77.5 Å². The Labute approximate surface area is 188 Å². The number of anilines is 2. The summed E-state index contributed by atoms with van der Waals surface area (Å²) in [5.41, 5.74) is 0.762. The fourth-order valence-corrected chi connectivity index (χ4v) is 3.30. The number of carbonyl (C=O) groups excluding carboxylic acids is 2. The van der Waals surface area contributed by atoms with Gasteiger partial charge in [0.2, 0.25) is 5.82 Å². The summed E-state index contributed by atoms with van der Waals surface area (Å²) in [5, 5.41) is 11.7. The van der Waals surface area contributed by atoms with Crippen LogP contribution in [0.5, 0.6) is 0 Å². The Morgan fingerprint density at radius 3 is 2.45 bits per heavy atom. The van der Waals surface area contributed by atoms with Crippen LogP contribution in [0, 0.1) is 11.6 Å². The number of nitrogens with zero attached hydrogens (tertiary/aromatic N) is 3. The van der Waals surface area contributed by atoms with Crippen LogP contribution in [0.3, 0.4) is 0 Å². The molecule has 170 valence electrons. The second-order valence-corrected chi connectivity index (χ2v) is 7.36. The number of hydrogen-bond donors (Lipinski definition) is 4. The number of benzene rings is 1. The molecule has 0 spiro atoms. The van der Waals surface area contributed by atoms with Crippen molar-refractivity contribution < 1.29 is 18.4 Å². The molecule has 11 heteroatoms. The summed E-state index contributed by atoms with van der Waals surface area (Å²) in [6.07, 6.45) is 5.10. The highest BCUT2D eigenvalue weighted by molar-refractivity contribution is 6.11. The maximum absolute atomic E-state index is 13.8. The number of hydrogen-bond acceptors (Lipinski definition) is 7. The zero-order chi connectivity index (χ0) is 23.2. The molecular weight excluding hydrogens is 432 g/mol. The maximum atomic E-state index is 13.8. The third kappa shape index (κ3) is 5.70. The van der Waals surface area contributed by atoms with E-state index in [-0.39, 0.29) is 28.9 Å². The van der Waals surface area contributed by atoms with E-state index in [1.807, 2.05) is 0 Å². The van der Waals surface area contributed by atoms with Crippen LogP contribution < -0.4 is 21.3 Å². The Kier molecular flexibility index (Phi) is 6.91. The van der Waals surface area contributed by atoms with E-state index in [2.05, 4.69) is 36.2 Å². The normalized spacial score (nSPS) is 16.0. The van der Waals surface area contributed by atoms with E-state index < -0.39 is 23.4 Å². The van der Waals surface area contributed by atoms with Gasteiger partial charge in [-0.2, -0.15) is 0 Å².